The lowest BCUT2D eigenvalue weighted by Gasteiger charge is -2.38. The van der Waals surface area contributed by atoms with Gasteiger partial charge in [-0.1, -0.05) is 121 Å². The van der Waals surface area contributed by atoms with Crippen molar-refractivity contribution >= 4 is 59.3 Å². The average Bonchev–Trinajstić information content (AvgIpc) is 3.80. The highest BCUT2D eigenvalue weighted by atomic mass is 32.1. The van der Waals surface area contributed by atoms with Gasteiger partial charge in [0.25, 0.3) is 0 Å². The van der Waals surface area contributed by atoms with Gasteiger partial charge in [-0.25, -0.2) is 0 Å². The van der Waals surface area contributed by atoms with Gasteiger partial charge in [-0.3, -0.25) is 5.32 Å². The van der Waals surface area contributed by atoms with Gasteiger partial charge in [0.05, 0.1) is 24.3 Å². The van der Waals surface area contributed by atoms with E-state index >= 15 is 0 Å². The van der Waals surface area contributed by atoms with Crippen LogP contribution < -0.4 is 11.1 Å². The van der Waals surface area contributed by atoms with Crippen molar-refractivity contribution in [2.24, 2.45) is 11.7 Å². The molecule has 4 unspecified atom stereocenters. The Kier molecular flexibility index (Phi) is 9.02. The van der Waals surface area contributed by atoms with Gasteiger partial charge >= 0.3 is 0 Å². The van der Waals surface area contributed by atoms with Crippen LogP contribution in [0.4, 0.5) is 0 Å². The number of thiophene rings is 1. The predicted molar refractivity (Wildman–Crippen MR) is 235 cm³/mol. The monoisotopic (exact) mass is 736 g/mol. The lowest BCUT2D eigenvalue weighted by Crippen LogP contribution is -2.47. The second kappa shape index (κ2) is 14.5. The number of rotatable bonds is 9. The number of aromatic nitrogens is 1. The van der Waals surface area contributed by atoms with Crippen molar-refractivity contribution in [3.8, 4) is 0 Å². The molecule has 55 heavy (non-hydrogen) atoms. The summed E-state index contributed by atoms with van der Waals surface area (Å²) in [5.41, 5.74) is 15.2. The number of fused-ring (bicyclic) bond motifs is 9. The number of allylic oxidation sites excluding steroid dienone is 10. The van der Waals surface area contributed by atoms with Crippen LogP contribution in [0.15, 0.2) is 157 Å². The minimum Gasteiger partial charge on any atom is -0.341 e. The van der Waals surface area contributed by atoms with Gasteiger partial charge in [-0.2, -0.15) is 0 Å². The molecule has 0 amide bonds. The van der Waals surface area contributed by atoms with E-state index in [-0.39, 0.29) is 24.2 Å². The van der Waals surface area contributed by atoms with Crippen LogP contribution >= 0.6 is 11.3 Å². The maximum Gasteiger partial charge on any atom is 0.0619 e. The molecule has 274 valence electrons. The summed E-state index contributed by atoms with van der Waals surface area (Å²) < 4.78 is 5.37. The summed E-state index contributed by atoms with van der Waals surface area (Å²) in [7, 11) is 0. The Morgan fingerprint density at radius 2 is 1.53 bits per heavy atom. The Morgan fingerprint density at radius 3 is 2.33 bits per heavy atom. The van der Waals surface area contributed by atoms with Crippen LogP contribution in [0.1, 0.15) is 67.9 Å². The smallest absolute Gasteiger partial charge is 0.0619 e. The third-order valence-corrected chi connectivity index (χ3v) is 13.5. The molecule has 0 saturated carbocycles. The Bertz CT molecular complexity index is 2640. The number of nitrogens with zero attached hydrogens (tertiary/aromatic N) is 2. The highest BCUT2D eigenvalue weighted by Crippen LogP contribution is 2.46. The molecule has 0 saturated heterocycles. The van der Waals surface area contributed by atoms with Crippen LogP contribution in [0.5, 0.6) is 0 Å². The molecule has 5 atom stereocenters. The van der Waals surface area contributed by atoms with Crippen molar-refractivity contribution in [1.82, 2.24) is 14.8 Å². The molecular formula is C50H48N4S. The standard InChI is InChI=1S/C50H48N4S/c1-33(49(34-16-6-2-7-17-34)52-50(51)35-18-8-3-9-19-35)53-43-29-26-38(54(36-20-10-4-11-21-36)37-22-12-5-13-23-37)32-42(43)47-39-28-31-46-48(40(39)27-30-44(47)53)41-24-14-15-25-45(41)55-46/h2-12,14-18,20,22,24-25,27-28,30-33,35-36,49-50,52H,13,19,21,23,26,29,51H2,1H3/t33-,35?,36?,49?,50?/m1/s1. The molecule has 2 heterocycles. The zero-order chi connectivity index (χ0) is 36.9. The summed E-state index contributed by atoms with van der Waals surface area (Å²) >= 11 is 1.90. The van der Waals surface area contributed by atoms with Gasteiger partial charge in [0.2, 0.25) is 0 Å². The van der Waals surface area contributed by atoms with Crippen molar-refractivity contribution in [2.75, 3.05) is 0 Å². The highest BCUT2D eigenvalue weighted by molar-refractivity contribution is 7.26. The number of benzene rings is 4. The van der Waals surface area contributed by atoms with E-state index in [9.17, 15) is 0 Å². The molecule has 6 aromatic rings. The van der Waals surface area contributed by atoms with E-state index < -0.39 is 0 Å². The van der Waals surface area contributed by atoms with Crippen molar-refractivity contribution < 1.29 is 0 Å². The van der Waals surface area contributed by atoms with Gasteiger partial charge < -0.3 is 15.2 Å². The first-order valence-electron chi connectivity index (χ1n) is 20.1. The van der Waals surface area contributed by atoms with Crippen LogP contribution in [-0.4, -0.2) is 21.7 Å². The fourth-order valence-electron chi connectivity index (χ4n) is 9.75. The molecular weight excluding hydrogens is 689 g/mol. The molecule has 10 rings (SSSR count). The van der Waals surface area contributed by atoms with Crippen molar-refractivity contribution in [1.29, 1.82) is 0 Å². The lowest BCUT2D eigenvalue weighted by molar-refractivity contribution is 0.304. The molecule has 0 aliphatic heterocycles. The number of hydrogen-bond acceptors (Lipinski definition) is 4. The predicted octanol–water partition coefficient (Wildman–Crippen LogP) is 12.2. The topological polar surface area (TPSA) is 46.2 Å². The number of nitrogens with two attached hydrogens (primary N) is 1. The normalized spacial score (nSPS) is 20.9. The summed E-state index contributed by atoms with van der Waals surface area (Å²) in [6.07, 6.45) is 33.3. The Hall–Kier alpha value is -5.20. The van der Waals surface area contributed by atoms with Crippen molar-refractivity contribution in [2.45, 2.75) is 69.7 Å². The maximum absolute atomic E-state index is 7.04. The van der Waals surface area contributed by atoms with Gasteiger partial charge in [-0.05, 0) is 92.1 Å². The van der Waals surface area contributed by atoms with Crippen LogP contribution in [0, 0.1) is 5.92 Å². The fourth-order valence-corrected chi connectivity index (χ4v) is 10.9. The minimum absolute atomic E-state index is 0.00872. The van der Waals surface area contributed by atoms with Gasteiger partial charge in [0.15, 0.2) is 0 Å². The van der Waals surface area contributed by atoms with Gasteiger partial charge in [0.1, 0.15) is 0 Å². The maximum atomic E-state index is 7.04. The zero-order valence-corrected chi connectivity index (χ0v) is 32.3. The SMILES string of the molecule is C[C@H](C(NC(N)C1C=CC=CC1)c1ccccc1)n1c2c(c3c4ccc5sc6ccccc6c5c4ccc31)C=C(N(C1=CC=CCC1)C1C=CC=CC1)CC2. The first kappa shape index (κ1) is 34.3. The van der Waals surface area contributed by atoms with Crippen molar-refractivity contribution in [3.05, 3.63) is 174 Å². The minimum atomic E-state index is -0.178. The quantitative estimate of drug-likeness (QED) is 0.145. The van der Waals surface area contributed by atoms with Crippen LogP contribution in [0.2, 0.25) is 0 Å². The molecule has 0 bridgehead atoms. The second-order valence-electron chi connectivity index (χ2n) is 15.6. The van der Waals surface area contributed by atoms with E-state index in [1.54, 1.807) is 0 Å². The summed E-state index contributed by atoms with van der Waals surface area (Å²) in [6.45, 7) is 2.40. The average molecular weight is 737 g/mol. The number of hydrogen-bond donors (Lipinski definition) is 2. The molecule has 3 N–H and O–H groups in total. The molecule has 0 radical (unpaired) electrons. The van der Waals surface area contributed by atoms with Crippen molar-refractivity contribution in [3.63, 3.8) is 0 Å². The van der Waals surface area contributed by atoms with E-state index in [1.807, 2.05) is 11.3 Å². The van der Waals surface area contributed by atoms with Gasteiger partial charge in [-0.15, -0.1) is 11.3 Å². The summed E-state index contributed by atoms with van der Waals surface area (Å²) in [5.74, 6) is 0.245. The summed E-state index contributed by atoms with van der Waals surface area (Å²) in [6, 6.07) is 29.9. The number of nitrogens with one attached hydrogen (secondary N) is 1. The first-order valence-corrected chi connectivity index (χ1v) is 20.9. The second-order valence-corrected chi connectivity index (χ2v) is 16.7. The summed E-state index contributed by atoms with van der Waals surface area (Å²) in [4.78, 5) is 2.67. The molecule has 4 aromatic carbocycles. The molecule has 4 aliphatic rings. The highest BCUT2D eigenvalue weighted by Gasteiger charge is 2.33. The molecule has 4 nitrogen and oxygen atoms in total. The van der Waals surface area contributed by atoms with E-state index in [0.717, 1.165) is 38.5 Å². The third-order valence-electron chi connectivity index (χ3n) is 12.4. The zero-order valence-electron chi connectivity index (χ0n) is 31.4. The van der Waals surface area contributed by atoms with E-state index in [4.69, 9.17) is 5.73 Å². The third kappa shape index (κ3) is 6.06. The van der Waals surface area contributed by atoms with Gasteiger partial charge in [0, 0.05) is 59.6 Å². The molecule has 4 aliphatic carbocycles. The Morgan fingerprint density at radius 1 is 0.727 bits per heavy atom. The molecule has 5 heteroatoms. The van der Waals surface area contributed by atoms with Crippen LogP contribution in [0.25, 0.3) is 47.9 Å². The van der Waals surface area contributed by atoms with Crippen LogP contribution in [-0.2, 0) is 6.42 Å². The Labute approximate surface area is 328 Å². The fraction of sp³-hybridized carbons (Fsp3) is 0.240. The summed E-state index contributed by atoms with van der Waals surface area (Å²) in [5, 5.41) is 10.7. The first-order chi connectivity index (χ1) is 27.1. The van der Waals surface area contributed by atoms with E-state index in [2.05, 4.69) is 173 Å². The van der Waals surface area contributed by atoms with Crippen LogP contribution in [0.3, 0.4) is 0 Å². The Balaban J connectivity index is 1.19. The molecule has 0 fully saturated rings. The van der Waals surface area contributed by atoms with E-state index in [0.29, 0.717) is 6.04 Å². The molecule has 2 aromatic heterocycles. The molecule has 0 spiro atoms. The largest absolute Gasteiger partial charge is 0.341 e. The van der Waals surface area contributed by atoms with E-state index in [1.165, 1.54) is 70.1 Å². The lowest BCUT2D eigenvalue weighted by atomic mass is 9.92.